The SMILES string of the molecule is CC.Cc1ccc(N2CCC(N3CCc4ncccc4NC3=O)CC2)cc1. The number of rotatable bonds is 2. The van der Waals surface area contributed by atoms with Crippen molar-refractivity contribution in [2.24, 2.45) is 0 Å². The lowest BCUT2D eigenvalue weighted by atomic mass is 10.0. The number of pyridine rings is 1. The maximum atomic E-state index is 12.6. The molecule has 0 unspecified atom stereocenters. The maximum Gasteiger partial charge on any atom is 0.322 e. The number of fused-ring (bicyclic) bond motifs is 1. The number of carbonyl (C=O) groups is 1. The molecule has 5 heteroatoms. The van der Waals surface area contributed by atoms with Gasteiger partial charge in [0.25, 0.3) is 0 Å². The minimum absolute atomic E-state index is 0.0144. The molecule has 5 nitrogen and oxygen atoms in total. The summed E-state index contributed by atoms with van der Waals surface area (Å²) in [4.78, 5) is 21.5. The van der Waals surface area contributed by atoms with Crippen LogP contribution in [0.5, 0.6) is 0 Å². The smallest absolute Gasteiger partial charge is 0.322 e. The average molecular weight is 367 g/mol. The number of aromatic nitrogens is 1. The van der Waals surface area contributed by atoms with Gasteiger partial charge in [-0.2, -0.15) is 0 Å². The van der Waals surface area contributed by atoms with Gasteiger partial charge in [-0.15, -0.1) is 0 Å². The Hall–Kier alpha value is -2.56. The fourth-order valence-electron chi connectivity index (χ4n) is 3.81. The highest BCUT2D eigenvalue weighted by molar-refractivity contribution is 5.90. The van der Waals surface area contributed by atoms with Crippen molar-refractivity contribution in [3.05, 3.63) is 53.9 Å². The Morgan fingerprint density at radius 1 is 1.04 bits per heavy atom. The molecule has 2 amide bonds. The van der Waals surface area contributed by atoms with Crippen molar-refractivity contribution >= 4 is 17.4 Å². The lowest BCUT2D eigenvalue weighted by Crippen LogP contribution is -2.48. The van der Waals surface area contributed by atoms with Crippen LogP contribution in [0, 0.1) is 6.92 Å². The first-order chi connectivity index (χ1) is 13.2. The molecule has 4 rings (SSSR count). The molecule has 1 aromatic heterocycles. The van der Waals surface area contributed by atoms with Crippen molar-refractivity contribution < 1.29 is 4.79 Å². The van der Waals surface area contributed by atoms with E-state index in [9.17, 15) is 4.79 Å². The number of anilines is 2. The minimum Gasteiger partial charge on any atom is -0.371 e. The van der Waals surface area contributed by atoms with E-state index in [1.165, 1.54) is 11.3 Å². The van der Waals surface area contributed by atoms with Crippen LogP contribution in [0.25, 0.3) is 0 Å². The van der Waals surface area contributed by atoms with E-state index < -0.39 is 0 Å². The Bertz CT molecular complexity index is 751. The number of nitrogens with zero attached hydrogens (tertiary/aromatic N) is 3. The topological polar surface area (TPSA) is 48.5 Å². The van der Waals surface area contributed by atoms with E-state index >= 15 is 0 Å². The molecule has 0 bridgehead atoms. The summed E-state index contributed by atoms with van der Waals surface area (Å²) in [5.74, 6) is 0. The second-order valence-electron chi connectivity index (χ2n) is 6.92. The quantitative estimate of drug-likeness (QED) is 0.853. The Labute approximate surface area is 162 Å². The number of benzene rings is 1. The third-order valence-electron chi connectivity index (χ3n) is 5.29. The zero-order chi connectivity index (χ0) is 19.2. The van der Waals surface area contributed by atoms with E-state index in [2.05, 4.69) is 46.4 Å². The molecule has 0 atom stereocenters. The van der Waals surface area contributed by atoms with Crippen molar-refractivity contribution in [2.75, 3.05) is 29.9 Å². The molecule has 1 saturated heterocycles. The first-order valence-corrected chi connectivity index (χ1v) is 10.0. The van der Waals surface area contributed by atoms with Gasteiger partial charge < -0.3 is 15.1 Å². The van der Waals surface area contributed by atoms with Gasteiger partial charge in [0.15, 0.2) is 0 Å². The molecule has 27 heavy (non-hydrogen) atoms. The van der Waals surface area contributed by atoms with Crippen LogP contribution in [0.4, 0.5) is 16.2 Å². The van der Waals surface area contributed by atoms with Gasteiger partial charge in [-0.1, -0.05) is 31.5 Å². The molecule has 1 N–H and O–H groups in total. The number of amides is 2. The summed E-state index contributed by atoms with van der Waals surface area (Å²) in [7, 11) is 0. The summed E-state index contributed by atoms with van der Waals surface area (Å²) >= 11 is 0. The zero-order valence-electron chi connectivity index (χ0n) is 16.6. The first kappa shape index (κ1) is 19.2. The molecule has 144 valence electrons. The Morgan fingerprint density at radius 3 is 2.44 bits per heavy atom. The third-order valence-corrected chi connectivity index (χ3v) is 5.29. The molecular weight excluding hydrogens is 336 g/mol. The van der Waals surface area contributed by atoms with Crippen LogP contribution in [-0.2, 0) is 6.42 Å². The molecule has 2 aliphatic rings. The van der Waals surface area contributed by atoms with Gasteiger partial charge in [-0.3, -0.25) is 4.98 Å². The normalized spacial score (nSPS) is 17.4. The predicted octanol–water partition coefficient (Wildman–Crippen LogP) is 4.48. The molecule has 0 spiro atoms. The molecule has 0 aliphatic carbocycles. The van der Waals surface area contributed by atoms with Crippen molar-refractivity contribution in [1.29, 1.82) is 0 Å². The van der Waals surface area contributed by atoms with Crippen LogP contribution in [0.3, 0.4) is 0 Å². The number of hydrogen-bond donors (Lipinski definition) is 1. The van der Waals surface area contributed by atoms with Gasteiger partial charge in [-0.25, -0.2) is 4.79 Å². The molecular formula is C22H30N4O. The molecule has 2 aliphatic heterocycles. The minimum atomic E-state index is 0.0144. The first-order valence-electron chi connectivity index (χ1n) is 10.0. The van der Waals surface area contributed by atoms with Crippen LogP contribution in [0.1, 0.15) is 37.9 Å². The van der Waals surface area contributed by atoms with E-state index in [4.69, 9.17) is 0 Å². The van der Waals surface area contributed by atoms with Gasteiger partial charge in [0.1, 0.15) is 0 Å². The van der Waals surface area contributed by atoms with E-state index in [-0.39, 0.29) is 6.03 Å². The summed E-state index contributed by atoms with van der Waals surface area (Å²) in [6, 6.07) is 12.8. The third kappa shape index (κ3) is 4.41. The summed E-state index contributed by atoms with van der Waals surface area (Å²) in [6.45, 7) is 8.83. The van der Waals surface area contributed by atoms with Crippen LogP contribution in [-0.4, -0.2) is 41.6 Å². The highest BCUT2D eigenvalue weighted by Crippen LogP contribution is 2.26. The zero-order valence-corrected chi connectivity index (χ0v) is 16.6. The Kier molecular flexibility index (Phi) is 6.32. The molecule has 0 radical (unpaired) electrons. The van der Waals surface area contributed by atoms with Crippen molar-refractivity contribution in [3.63, 3.8) is 0 Å². The van der Waals surface area contributed by atoms with Crippen LogP contribution in [0.2, 0.25) is 0 Å². The van der Waals surface area contributed by atoms with Crippen LogP contribution >= 0.6 is 0 Å². The summed E-state index contributed by atoms with van der Waals surface area (Å²) in [5.41, 5.74) is 4.40. The fourth-order valence-corrected chi connectivity index (χ4v) is 3.81. The Balaban J connectivity index is 0.00000102. The largest absolute Gasteiger partial charge is 0.371 e. The summed E-state index contributed by atoms with van der Waals surface area (Å²) < 4.78 is 0. The van der Waals surface area contributed by atoms with Crippen molar-refractivity contribution in [1.82, 2.24) is 9.88 Å². The number of aryl methyl sites for hydroxylation is 1. The number of piperidine rings is 1. The Morgan fingerprint density at radius 2 is 1.74 bits per heavy atom. The van der Waals surface area contributed by atoms with Gasteiger partial charge in [0.05, 0.1) is 11.4 Å². The maximum absolute atomic E-state index is 12.6. The second kappa shape index (κ2) is 8.89. The molecule has 1 fully saturated rings. The van der Waals surface area contributed by atoms with Gasteiger partial charge >= 0.3 is 6.03 Å². The van der Waals surface area contributed by atoms with E-state index in [0.29, 0.717) is 6.04 Å². The fraction of sp³-hybridized carbons (Fsp3) is 0.455. The molecule has 0 saturated carbocycles. The molecule has 1 aromatic carbocycles. The van der Waals surface area contributed by atoms with Gasteiger partial charge in [0, 0.05) is 44.0 Å². The highest BCUT2D eigenvalue weighted by atomic mass is 16.2. The predicted molar refractivity (Wildman–Crippen MR) is 111 cm³/mol. The average Bonchev–Trinajstić information content (AvgIpc) is 2.88. The van der Waals surface area contributed by atoms with Crippen molar-refractivity contribution in [2.45, 2.75) is 46.1 Å². The summed E-state index contributed by atoms with van der Waals surface area (Å²) in [6.07, 6.45) is 4.62. The molecule has 3 heterocycles. The van der Waals surface area contributed by atoms with Crippen LogP contribution < -0.4 is 10.2 Å². The lowest BCUT2D eigenvalue weighted by Gasteiger charge is -2.38. The van der Waals surface area contributed by atoms with E-state index in [1.54, 1.807) is 6.20 Å². The summed E-state index contributed by atoms with van der Waals surface area (Å²) in [5, 5.41) is 3.03. The van der Waals surface area contributed by atoms with Gasteiger partial charge in [-0.05, 0) is 44.0 Å². The second-order valence-corrected chi connectivity index (χ2v) is 6.92. The monoisotopic (exact) mass is 366 g/mol. The van der Waals surface area contributed by atoms with Crippen molar-refractivity contribution in [3.8, 4) is 0 Å². The van der Waals surface area contributed by atoms with E-state index in [0.717, 1.165) is 50.3 Å². The number of carbonyl (C=O) groups excluding carboxylic acids is 1. The number of urea groups is 1. The number of hydrogen-bond acceptors (Lipinski definition) is 3. The van der Waals surface area contributed by atoms with Gasteiger partial charge in [0.2, 0.25) is 0 Å². The standard InChI is InChI=1S/C20H24N4O.C2H6/c1-15-4-6-16(7-5-15)23-12-8-17(9-13-23)24-14-10-18-19(22-20(24)25)3-2-11-21-18;1-2/h2-7,11,17H,8-10,12-14H2,1H3,(H,22,25);1-2H3. The molecule has 2 aromatic rings. The van der Waals surface area contributed by atoms with E-state index in [1.807, 2.05) is 30.9 Å². The number of nitrogens with one attached hydrogen (secondary N) is 1. The highest BCUT2D eigenvalue weighted by Gasteiger charge is 2.30. The van der Waals surface area contributed by atoms with Crippen LogP contribution in [0.15, 0.2) is 42.6 Å². The lowest BCUT2D eigenvalue weighted by molar-refractivity contribution is 0.177.